The Labute approximate surface area is 112 Å². The van der Waals surface area contributed by atoms with Crippen LogP contribution in [0.2, 0.25) is 5.28 Å². The normalized spacial score (nSPS) is 10.8. The average molecular weight is 275 g/mol. The molecule has 0 saturated heterocycles. The summed E-state index contributed by atoms with van der Waals surface area (Å²) in [5, 5.41) is 11.0. The van der Waals surface area contributed by atoms with E-state index in [9.17, 15) is 10.1 Å². The van der Waals surface area contributed by atoms with Crippen LogP contribution in [0, 0.1) is 10.1 Å². The number of fused-ring (bicyclic) bond motifs is 1. The Morgan fingerprint density at radius 1 is 1.26 bits per heavy atom. The number of pyridine rings is 1. The quantitative estimate of drug-likeness (QED) is 0.532. The summed E-state index contributed by atoms with van der Waals surface area (Å²) >= 11 is 6.08. The number of benzene rings is 1. The van der Waals surface area contributed by atoms with Crippen LogP contribution in [0.1, 0.15) is 0 Å². The molecule has 0 unspecified atom stereocenters. The molecule has 0 atom stereocenters. The molecule has 0 aliphatic heterocycles. The summed E-state index contributed by atoms with van der Waals surface area (Å²) in [5.74, 6) is 0. The van der Waals surface area contributed by atoms with Crippen LogP contribution in [0.5, 0.6) is 0 Å². The molecule has 2 heterocycles. The zero-order valence-electron chi connectivity index (χ0n) is 9.52. The van der Waals surface area contributed by atoms with E-state index in [0.29, 0.717) is 16.9 Å². The van der Waals surface area contributed by atoms with E-state index in [-0.39, 0.29) is 11.0 Å². The van der Waals surface area contributed by atoms with Crippen LogP contribution in [0.4, 0.5) is 5.69 Å². The molecule has 0 amide bonds. The SMILES string of the molecule is O=[N+]([O-])c1cccc(-n2c(Cl)nc3cccnc32)c1. The summed E-state index contributed by atoms with van der Waals surface area (Å²) in [5.41, 5.74) is 1.75. The van der Waals surface area contributed by atoms with Gasteiger partial charge in [-0.1, -0.05) is 6.07 Å². The van der Waals surface area contributed by atoms with Gasteiger partial charge in [0.1, 0.15) is 5.52 Å². The van der Waals surface area contributed by atoms with Gasteiger partial charge in [0.25, 0.3) is 5.69 Å². The van der Waals surface area contributed by atoms with Crippen molar-refractivity contribution >= 4 is 28.5 Å². The van der Waals surface area contributed by atoms with Crippen molar-refractivity contribution in [1.29, 1.82) is 0 Å². The maximum atomic E-state index is 10.8. The summed E-state index contributed by atoms with van der Waals surface area (Å²) < 4.78 is 1.57. The fourth-order valence-electron chi connectivity index (χ4n) is 1.86. The Morgan fingerprint density at radius 2 is 2.11 bits per heavy atom. The second kappa shape index (κ2) is 4.33. The highest BCUT2D eigenvalue weighted by atomic mass is 35.5. The summed E-state index contributed by atoms with van der Waals surface area (Å²) in [4.78, 5) is 18.7. The van der Waals surface area contributed by atoms with Gasteiger partial charge in [0.2, 0.25) is 5.28 Å². The second-order valence-corrected chi connectivity index (χ2v) is 4.18. The molecule has 0 radical (unpaired) electrons. The van der Waals surface area contributed by atoms with Crippen molar-refractivity contribution in [3.05, 3.63) is 58.0 Å². The largest absolute Gasteiger partial charge is 0.271 e. The molecule has 0 saturated carbocycles. The lowest BCUT2D eigenvalue weighted by molar-refractivity contribution is -0.384. The monoisotopic (exact) mass is 274 g/mol. The van der Waals surface area contributed by atoms with Gasteiger partial charge in [-0.25, -0.2) is 9.97 Å². The predicted octanol–water partition coefficient (Wildman–Crippen LogP) is 2.98. The highest BCUT2D eigenvalue weighted by Crippen LogP contribution is 2.25. The molecule has 0 aliphatic rings. The number of hydrogen-bond donors (Lipinski definition) is 0. The number of imidazole rings is 1. The number of nitro groups is 1. The molecular formula is C12H7ClN4O2. The first-order valence-corrected chi connectivity index (χ1v) is 5.78. The standard InChI is InChI=1S/C12H7ClN4O2/c13-12-15-10-5-2-6-14-11(10)16(12)8-3-1-4-9(7-8)17(18)19/h1-7H. The molecule has 0 N–H and O–H groups in total. The number of rotatable bonds is 2. The van der Waals surface area contributed by atoms with Crippen LogP contribution >= 0.6 is 11.6 Å². The van der Waals surface area contributed by atoms with Crippen LogP contribution in [-0.4, -0.2) is 19.5 Å². The molecule has 1 aromatic carbocycles. The third-order valence-electron chi connectivity index (χ3n) is 2.67. The van der Waals surface area contributed by atoms with Crippen molar-refractivity contribution in [2.24, 2.45) is 0 Å². The summed E-state index contributed by atoms with van der Waals surface area (Å²) in [6, 6.07) is 9.70. The minimum absolute atomic E-state index is 0.00801. The first-order chi connectivity index (χ1) is 9.16. The van der Waals surface area contributed by atoms with Crippen LogP contribution < -0.4 is 0 Å². The van der Waals surface area contributed by atoms with E-state index in [2.05, 4.69) is 9.97 Å². The van der Waals surface area contributed by atoms with Gasteiger partial charge in [0.15, 0.2) is 5.65 Å². The van der Waals surface area contributed by atoms with Gasteiger partial charge in [-0.15, -0.1) is 0 Å². The maximum Gasteiger partial charge on any atom is 0.271 e. The lowest BCUT2D eigenvalue weighted by Gasteiger charge is -2.04. The Morgan fingerprint density at radius 3 is 2.89 bits per heavy atom. The molecule has 2 aromatic heterocycles. The molecule has 3 rings (SSSR count). The van der Waals surface area contributed by atoms with Crippen LogP contribution in [-0.2, 0) is 0 Å². The van der Waals surface area contributed by atoms with Crippen molar-refractivity contribution in [3.63, 3.8) is 0 Å². The zero-order valence-corrected chi connectivity index (χ0v) is 10.3. The van der Waals surface area contributed by atoms with Crippen molar-refractivity contribution < 1.29 is 4.92 Å². The van der Waals surface area contributed by atoms with Gasteiger partial charge in [-0.3, -0.25) is 14.7 Å². The van der Waals surface area contributed by atoms with E-state index in [4.69, 9.17) is 11.6 Å². The van der Waals surface area contributed by atoms with E-state index in [0.717, 1.165) is 0 Å². The van der Waals surface area contributed by atoms with E-state index in [1.165, 1.54) is 12.1 Å². The number of hydrogen-bond acceptors (Lipinski definition) is 4. The summed E-state index contributed by atoms with van der Waals surface area (Å²) in [7, 11) is 0. The van der Waals surface area contributed by atoms with E-state index >= 15 is 0 Å². The highest BCUT2D eigenvalue weighted by molar-refractivity contribution is 6.29. The van der Waals surface area contributed by atoms with Crippen LogP contribution in [0.15, 0.2) is 42.6 Å². The number of nitrogens with zero attached hydrogens (tertiary/aromatic N) is 4. The molecule has 0 spiro atoms. The number of nitro benzene ring substituents is 1. The summed E-state index contributed by atoms with van der Waals surface area (Å²) in [6.45, 7) is 0. The van der Waals surface area contributed by atoms with Crippen molar-refractivity contribution in [2.45, 2.75) is 0 Å². The summed E-state index contributed by atoms with van der Waals surface area (Å²) in [6.07, 6.45) is 1.62. The topological polar surface area (TPSA) is 73.8 Å². The molecule has 0 bridgehead atoms. The van der Waals surface area contributed by atoms with Gasteiger partial charge in [-0.05, 0) is 29.8 Å². The smallest absolute Gasteiger partial charge is 0.267 e. The van der Waals surface area contributed by atoms with Crippen molar-refractivity contribution in [3.8, 4) is 5.69 Å². The number of aromatic nitrogens is 3. The van der Waals surface area contributed by atoms with Gasteiger partial charge in [0, 0.05) is 18.3 Å². The van der Waals surface area contributed by atoms with Crippen molar-refractivity contribution in [1.82, 2.24) is 14.5 Å². The molecule has 7 heteroatoms. The van der Waals surface area contributed by atoms with Gasteiger partial charge < -0.3 is 0 Å². The predicted molar refractivity (Wildman–Crippen MR) is 70.5 cm³/mol. The molecular weight excluding hydrogens is 268 g/mol. The van der Waals surface area contributed by atoms with Gasteiger partial charge in [0.05, 0.1) is 10.6 Å². The Bertz CT molecular complexity index is 784. The molecule has 0 fully saturated rings. The molecule has 94 valence electrons. The van der Waals surface area contributed by atoms with Crippen LogP contribution in [0.3, 0.4) is 0 Å². The second-order valence-electron chi connectivity index (χ2n) is 3.84. The minimum Gasteiger partial charge on any atom is -0.267 e. The van der Waals surface area contributed by atoms with E-state index in [1.54, 1.807) is 35.0 Å². The van der Waals surface area contributed by atoms with E-state index in [1.807, 2.05) is 0 Å². The first-order valence-electron chi connectivity index (χ1n) is 5.40. The lowest BCUT2D eigenvalue weighted by Crippen LogP contribution is -1.97. The Balaban J connectivity index is 2.27. The molecule has 6 nitrogen and oxygen atoms in total. The fourth-order valence-corrected chi connectivity index (χ4v) is 2.13. The third kappa shape index (κ3) is 1.92. The van der Waals surface area contributed by atoms with Gasteiger partial charge in [-0.2, -0.15) is 0 Å². The first kappa shape index (κ1) is 11.6. The lowest BCUT2D eigenvalue weighted by atomic mass is 10.3. The fraction of sp³-hybridized carbons (Fsp3) is 0. The minimum atomic E-state index is -0.454. The highest BCUT2D eigenvalue weighted by Gasteiger charge is 2.14. The Kier molecular flexibility index (Phi) is 2.64. The average Bonchev–Trinajstić information content (AvgIpc) is 2.74. The molecule has 3 aromatic rings. The van der Waals surface area contributed by atoms with Crippen LogP contribution in [0.25, 0.3) is 16.9 Å². The zero-order chi connectivity index (χ0) is 13.4. The maximum absolute atomic E-state index is 10.8. The third-order valence-corrected chi connectivity index (χ3v) is 2.93. The number of non-ortho nitro benzene ring substituents is 1. The van der Waals surface area contributed by atoms with Gasteiger partial charge >= 0.3 is 0 Å². The Hall–Kier alpha value is -2.47. The number of halogens is 1. The molecule has 19 heavy (non-hydrogen) atoms. The molecule has 0 aliphatic carbocycles. The van der Waals surface area contributed by atoms with E-state index < -0.39 is 4.92 Å². The van der Waals surface area contributed by atoms with Crippen molar-refractivity contribution in [2.75, 3.05) is 0 Å².